The molecular weight excluding hydrogens is 455 g/mol. The molecule has 0 bridgehead atoms. The summed E-state index contributed by atoms with van der Waals surface area (Å²) in [6.07, 6.45) is 8.19. The van der Waals surface area contributed by atoms with Crippen LogP contribution in [0.5, 0.6) is 5.75 Å². The van der Waals surface area contributed by atoms with Gasteiger partial charge in [0.1, 0.15) is 11.6 Å². The number of aromatic nitrogens is 3. The summed E-state index contributed by atoms with van der Waals surface area (Å²) in [7, 11) is 0. The molecule has 0 radical (unpaired) electrons. The zero-order chi connectivity index (χ0) is 24.7. The molecule has 4 aromatic rings. The van der Waals surface area contributed by atoms with E-state index in [1.54, 1.807) is 24.5 Å². The van der Waals surface area contributed by atoms with Crippen molar-refractivity contribution in [2.24, 2.45) is 0 Å². The molecule has 1 aliphatic rings. The number of benzene rings is 2. The third-order valence-electron chi connectivity index (χ3n) is 6.51. The molecular formula is C29H29FN4O2. The van der Waals surface area contributed by atoms with Crippen molar-refractivity contribution in [1.82, 2.24) is 20.1 Å². The van der Waals surface area contributed by atoms with Crippen molar-refractivity contribution in [3.05, 3.63) is 113 Å². The van der Waals surface area contributed by atoms with Crippen LogP contribution in [0.1, 0.15) is 51.3 Å². The first-order chi connectivity index (χ1) is 17.7. The second-order valence-corrected chi connectivity index (χ2v) is 9.13. The number of carbonyl (C=O) groups is 1. The zero-order valence-corrected chi connectivity index (χ0v) is 20.1. The molecule has 0 fully saturated rings. The van der Waals surface area contributed by atoms with Gasteiger partial charge in [0.2, 0.25) is 0 Å². The molecule has 0 atom stereocenters. The summed E-state index contributed by atoms with van der Waals surface area (Å²) in [5.41, 5.74) is 5.68. The van der Waals surface area contributed by atoms with Crippen LogP contribution < -0.4 is 4.74 Å². The molecule has 0 spiro atoms. The van der Waals surface area contributed by atoms with Gasteiger partial charge in [-0.2, -0.15) is 5.10 Å². The molecule has 2 aromatic carbocycles. The summed E-state index contributed by atoms with van der Waals surface area (Å²) < 4.78 is 19.1. The number of aryl methyl sites for hydroxylation is 1. The Hall–Kier alpha value is -4.00. The minimum atomic E-state index is -0.242. The lowest BCUT2D eigenvalue weighted by Gasteiger charge is -2.23. The summed E-state index contributed by atoms with van der Waals surface area (Å²) in [5.74, 6) is 0.422. The first-order valence-electron chi connectivity index (χ1n) is 12.4. The maximum Gasteiger partial charge on any atom is 0.275 e. The number of hydrogen-bond acceptors (Lipinski definition) is 4. The van der Waals surface area contributed by atoms with E-state index in [9.17, 15) is 9.18 Å². The van der Waals surface area contributed by atoms with Crippen molar-refractivity contribution < 1.29 is 13.9 Å². The van der Waals surface area contributed by atoms with Gasteiger partial charge in [-0.3, -0.25) is 14.9 Å². The number of hydrogen-bond donors (Lipinski definition) is 1. The Labute approximate surface area is 210 Å². The molecule has 1 amide bonds. The molecule has 0 saturated heterocycles. The van der Waals surface area contributed by atoms with Gasteiger partial charge in [0.15, 0.2) is 5.69 Å². The van der Waals surface area contributed by atoms with E-state index in [0.29, 0.717) is 31.8 Å². The maximum absolute atomic E-state index is 13.7. The van der Waals surface area contributed by atoms with Gasteiger partial charge in [0.05, 0.1) is 6.61 Å². The van der Waals surface area contributed by atoms with Crippen LogP contribution in [0.15, 0.2) is 73.1 Å². The van der Waals surface area contributed by atoms with Gasteiger partial charge in [0.25, 0.3) is 5.91 Å². The SMILES string of the molecule is O=C(c1n[nH]c2c1CCCC2)N(Cc1ccncc1)Cc1cccc(OCCc2ccc(F)cc2)c1. The number of nitrogens with one attached hydrogen (secondary N) is 1. The predicted octanol–water partition coefficient (Wildman–Crippen LogP) is 5.29. The van der Waals surface area contributed by atoms with Crippen LogP contribution in [-0.2, 0) is 32.4 Å². The van der Waals surface area contributed by atoms with Crippen molar-refractivity contribution in [3.63, 3.8) is 0 Å². The molecule has 2 heterocycles. The number of amides is 1. The average molecular weight is 485 g/mol. The molecule has 0 aliphatic heterocycles. The second-order valence-electron chi connectivity index (χ2n) is 9.13. The van der Waals surface area contributed by atoms with Gasteiger partial charge in [-0.1, -0.05) is 24.3 Å². The van der Waals surface area contributed by atoms with Crippen LogP contribution in [0.3, 0.4) is 0 Å². The van der Waals surface area contributed by atoms with Gasteiger partial charge in [-0.25, -0.2) is 4.39 Å². The Bertz CT molecular complexity index is 1300. The van der Waals surface area contributed by atoms with Crippen molar-refractivity contribution >= 4 is 5.91 Å². The van der Waals surface area contributed by atoms with Crippen molar-refractivity contribution in [2.75, 3.05) is 6.61 Å². The Morgan fingerprint density at radius 2 is 1.72 bits per heavy atom. The number of ether oxygens (including phenoxy) is 1. The number of halogens is 1. The van der Waals surface area contributed by atoms with Crippen LogP contribution in [0.4, 0.5) is 4.39 Å². The van der Waals surface area contributed by atoms with Crippen LogP contribution in [0, 0.1) is 5.82 Å². The molecule has 0 saturated carbocycles. The number of pyridine rings is 1. The van der Waals surface area contributed by atoms with E-state index in [2.05, 4.69) is 15.2 Å². The lowest BCUT2D eigenvalue weighted by Crippen LogP contribution is -2.31. The fraction of sp³-hybridized carbons (Fsp3) is 0.276. The molecule has 7 heteroatoms. The van der Waals surface area contributed by atoms with Crippen LogP contribution in [0.2, 0.25) is 0 Å². The predicted molar refractivity (Wildman–Crippen MR) is 135 cm³/mol. The molecule has 0 unspecified atom stereocenters. The fourth-order valence-electron chi connectivity index (χ4n) is 4.61. The first kappa shape index (κ1) is 23.7. The Morgan fingerprint density at radius 3 is 2.56 bits per heavy atom. The van der Waals surface area contributed by atoms with Crippen LogP contribution in [-0.4, -0.2) is 32.6 Å². The van der Waals surface area contributed by atoms with E-state index >= 15 is 0 Å². The highest BCUT2D eigenvalue weighted by Gasteiger charge is 2.26. The number of aromatic amines is 1. The highest BCUT2D eigenvalue weighted by Crippen LogP contribution is 2.25. The fourth-order valence-corrected chi connectivity index (χ4v) is 4.61. The van der Waals surface area contributed by atoms with Gasteiger partial charge in [0, 0.05) is 43.2 Å². The smallest absolute Gasteiger partial charge is 0.275 e. The maximum atomic E-state index is 13.7. The number of nitrogens with zero attached hydrogens (tertiary/aromatic N) is 3. The Morgan fingerprint density at radius 1 is 0.944 bits per heavy atom. The quantitative estimate of drug-likeness (QED) is 0.351. The summed E-state index contributed by atoms with van der Waals surface area (Å²) in [5, 5.41) is 7.51. The van der Waals surface area contributed by atoms with Crippen molar-refractivity contribution in [3.8, 4) is 5.75 Å². The van der Waals surface area contributed by atoms with E-state index < -0.39 is 0 Å². The molecule has 1 N–H and O–H groups in total. The minimum Gasteiger partial charge on any atom is -0.493 e. The normalized spacial score (nSPS) is 12.7. The largest absolute Gasteiger partial charge is 0.493 e. The second kappa shape index (κ2) is 11.2. The molecule has 1 aliphatic carbocycles. The number of H-pyrrole nitrogens is 1. The summed E-state index contributed by atoms with van der Waals surface area (Å²) in [6, 6.07) is 18.1. The molecule has 5 rings (SSSR count). The third kappa shape index (κ3) is 5.79. The Balaban J connectivity index is 1.31. The summed E-state index contributed by atoms with van der Waals surface area (Å²) in [4.78, 5) is 19.6. The van der Waals surface area contributed by atoms with Crippen LogP contribution in [0.25, 0.3) is 0 Å². The molecule has 2 aromatic heterocycles. The third-order valence-corrected chi connectivity index (χ3v) is 6.51. The van der Waals surface area contributed by atoms with E-state index in [1.165, 1.54) is 12.1 Å². The topological polar surface area (TPSA) is 71.1 Å². The molecule has 36 heavy (non-hydrogen) atoms. The standard InChI is InChI=1S/C29H29FN4O2/c30-24-10-8-21(9-11-24)14-17-36-25-5-3-4-23(18-25)20-34(19-22-12-15-31-16-13-22)29(35)28-26-6-1-2-7-27(26)32-33-28/h3-5,8-13,15-16,18H,1-2,6-7,14,17,19-20H2,(H,32,33). The molecule has 184 valence electrons. The van der Waals surface area contributed by atoms with Crippen molar-refractivity contribution in [2.45, 2.75) is 45.2 Å². The van der Waals surface area contributed by atoms with Gasteiger partial charge in [-0.05, 0) is 78.8 Å². The van der Waals surface area contributed by atoms with E-state index in [1.807, 2.05) is 41.3 Å². The summed E-state index contributed by atoms with van der Waals surface area (Å²) >= 11 is 0. The Kier molecular flexibility index (Phi) is 7.36. The van der Waals surface area contributed by atoms with Gasteiger partial charge >= 0.3 is 0 Å². The average Bonchev–Trinajstić information content (AvgIpc) is 3.34. The van der Waals surface area contributed by atoms with Crippen LogP contribution >= 0.6 is 0 Å². The van der Waals surface area contributed by atoms with E-state index in [0.717, 1.165) is 59.4 Å². The van der Waals surface area contributed by atoms with Crippen molar-refractivity contribution in [1.29, 1.82) is 0 Å². The van der Waals surface area contributed by atoms with E-state index in [4.69, 9.17) is 4.74 Å². The van der Waals surface area contributed by atoms with Gasteiger partial charge < -0.3 is 9.64 Å². The minimum absolute atomic E-state index is 0.0751. The number of fused-ring (bicyclic) bond motifs is 1. The number of rotatable bonds is 9. The zero-order valence-electron chi connectivity index (χ0n) is 20.1. The highest BCUT2D eigenvalue weighted by atomic mass is 19.1. The first-order valence-corrected chi connectivity index (χ1v) is 12.4. The number of carbonyl (C=O) groups excluding carboxylic acids is 1. The lowest BCUT2D eigenvalue weighted by atomic mass is 9.95. The van der Waals surface area contributed by atoms with E-state index in [-0.39, 0.29) is 11.7 Å². The lowest BCUT2D eigenvalue weighted by molar-refractivity contribution is 0.0722. The highest BCUT2D eigenvalue weighted by molar-refractivity contribution is 5.94. The van der Waals surface area contributed by atoms with Gasteiger partial charge in [-0.15, -0.1) is 0 Å². The monoisotopic (exact) mass is 484 g/mol. The molecule has 6 nitrogen and oxygen atoms in total. The summed E-state index contributed by atoms with van der Waals surface area (Å²) in [6.45, 7) is 1.37.